The molecule has 0 spiro atoms. The lowest BCUT2D eigenvalue weighted by molar-refractivity contribution is -0.141. The summed E-state index contributed by atoms with van der Waals surface area (Å²) in [6, 6.07) is 0. The Hall–Kier alpha value is -1.05. The lowest BCUT2D eigenvalue weighted by atomic mass is 9.76. The van der Waals surface area contributed by atoms with Gasteiger partial charge < -0.3 is 5.11 Å². The van der Waals surface area contributed by atoms with Crippen LogP contribution in [0.4, 0.5) is 0 Å². The maximum absolute atomic E-state index is 10.9. The minimum absolute atomic E-state index is 0.155. The first-order valence-corrected chi connectivity index (χ1v) is 4.62. The molecule has 0 bridgehead atoms. The van der Waals surface area contributed by atoms with Crippen molar-refractivity contribution >= 4 is 5.97 Å². The fourth-order valence-corrected chi connectivity index (χ4v) is 2.02. The monoisotopic (exact) mass is 180 g/mol. The zero-order chi connectivity index (χ0) is 10.0. The number of rotatable bonds is 2. The van der Waals surface area contributed by atoms with Gasteiger partial charge in [0.25, 0.3) is 0 Å². The summed E-state index contributed by atoms with van der Waals surface area (Å²) in [5.41, 5.74) is 1.17. The van der Waals surface area contributed by atoms with Crippen LogP contribution in [-0.2, 0) is 4.79 Å². The van der Waals surface area contributed by atoms with Gasteiger partial charge >= 0.3 is 5.97 Å². The smallest absolute Gasteiger partial charge is 0.310 e. The zero-order valence-electron chi connectivity index (χ0n) is 8.32. The van der Waals surface area contributed by atoms with E-state index in [-0.39, 0.29) is 11.8 Å². The molecule has 1 N–H and O–H groups in total. The molecule has 0 aromatic rings. The van der Waals surface area contributed by atoms with Gasteiger partial charge in [0, 0.05) is 0 Å². The van der Waals surface area contributed by atoms with Gasteiger partial charge in [0.1, 0.15) is 0 Å². The van der Waals surface area contributed by atoms with Crippen molar-refractivity contribution in [2.75, 3.05) is 0 Å². The summed E-state index contributed by atoms with van der Waals surface area (Å²) in [5, 5.41) is 9.00. The molecule has 72 valence electrons. The van der Waals surface area contributed by atoms with Crippen LogP contribution in [0.5, 0.6) is 0 Å². The molecule has 13 heavy (non-hydrogen) atoms. The topological polar surface area (TPSA) is 37.3 Å². The van der Waals surface area contributed by atoms with Crippen LogP contribution in [0, 0.1) is 17.8 Å². The highest BCUT2D eigenvalue weighted by molar-refractivity contribution is 5.73. The molecule has 1 aliphatic rings. The van der Waals surface area contributed by atoms with Crippen LogP contribution in [0.3, 0.4) is 0 Å². The average molecular weight is 180 g/mol. The van der Waals surface area contributed by atoms with E-state index < -0.39 is 5.97 Å². The molecule has 1 aliphatic carbocycles. The summed E-state index contributed by atoms with van der Waals surface area (Å²) >= 11 is 0. The molecule has 0 heterocycles. The number of hydrogen-bond acceptors (Lipinski definition) is 1. The Morgan fingerprint density at radius 1 is 1.54 bits per heavy atom. The molecule has 2 unspecified atom stereocenters. The first kappa shape index (κ1) is 10.0. The van der Waals surface area contributed by atoms with E-state index in [1.807, 2.05) is 19.1 Å². The second-order valence-electron chi connectivity index (χ2n) is 3.93. The molecular formula is C11H16O2. The number of carboxylic acid groups (broad SMARTS) is 1. The predicted octanol–water partition coefficient (Wildman–Crippen LogP) is 2.48. The number of carboxylic acids is 1. The molecule has 2 heteroatoms. The average Bonchev–Trinajstić information content (AvgIpc) is 2.02. The fraction of sp³-hybridized carbons (Fsp3) is 0.545. The van der Waals surface area contributed by atoms with Crippen molar-refractivity contribution < 1.29 is 9.90 Å². The molecule has 0 fully saturated rings. The van der Waals surface area contributed by atoms with Crippen LogP contribution in [0.15, 0.2) is 23.8 Å². The summed E-state index contributed by atoms with van der Waals surface area (Å²) < 4.78 is 0. The Balaban J connectivity index is 2.92. The summed E-state index contributed by atoms with van der Waals surface area (Å²) in [6.07, 6.45) is 5.62. The number of allylic oxidation sites excluding steroid dienone is 3. The van der Waals surface area contributed by atoms with E-state index >= 15 is 0 Å². The van der Waals surface area contributed by atoms with Crippen molar-refractivity contribution in [2.24, 2.45) is 17.8 Å². The Morgan fingerprint density at radius 3 is 2.54 bits per heavy atom. The molecule has 2 atom stereocenters. The minimum Gasteiger partial charge on any atom is -0.481 e. The summed E-state index contributed by atoms with van der Waals surface area (Å²) in [4.78, 5) is 10.9. The van der Waals surface area contributed by atoms with Gasteiger partial charge in [-0.2, -0.15) is 0 Å². The molecule has 0 aromatic carbocycles. The molecule has 0 aromatic heterocycles. The summed E-state index contributed by atoms with van der Waals surface area (Å²) in [7, 11) is 0. The van der Waals surface area contributed by atoms with Crippen LogP contribution < -0.4 is 0 Å². The lowest BCUT2D eigenvalue weighted by Crippen LogP contribution is -2.28. The van der Waals surface area contributed by atoms with Crippen LogP contribution >= 0.6 is 0 Å². The predicted molar refractivity (Wildman–Crippen MR) is 52.4 cm³/mol. The molecule has 2 nitrogen and oxygen atoms in total. The largest absolute Gasteiger partial charge is 0.481 e. The van der Waals surface area contributed by atoms with E-state index in [0.717, 1.165) is 0 Å². The van der Waals surface area contributed by atoms with Gasteiger partial charge in [0.15, 0.2) is 0 Å². The standard InChI is InChI=1S/C11H16O2/c1-7(2)10-8(3)5-4-6-9(10)11(12)13/h4-7,9-10H,1-3H3,(H,12,13). The Morgan fingerprint density at radius 2 is 2.15 bits per heavy atom. The van der Waals surface area contributed by atoms with E-state index in [1.54, 1.807) is 6.08 Å². The molecule has 0 saturated carbocycles. The lowest BCUT2D eigenvalue weighted by Gasteiger charge is -2.28. The molecule has 0 amide bonds. The van der Waals surface area contributed by atoms with Crippen molar-refractivity contribution in [3.8, 4) is 0 Å². The van der Waals surface area contributed by atoms with Crippen LogP contribution in [0.25, 0.3) is 0 Å². The molecule has 0 saturated heterocycles. The number of hydrogen-bond donors (Lipinski definition) is 1. The second kappa shape index (κ2) is 3.77. The van der Waals surface area contributed by atoms with Crippen molar-refractivity contribution in [1.82, 2.24) is 0 Å². The molecular weight excluding hydrogens is 164 g/mol. The first-order chi connectivity index (χ1) is 6.04. The molecule has 1 rings (SSSR count). The maximum atomic E-state index is 10.9. The van der Waals surface area contributed by atoms with Gasteiger partial charge in [-0.1, -0.05) is 37.6 Å². The zero-order valence-corrected chi connectivity index (χ0v) is 8.32. The van der Waals surface area contributed by atoms with Gasteiger partial charge in [-0.3, -0.25) is 4.79 Å². The number of aliphatic carboxylic acids is 1. The second-order valence-corrected chi connectivity index (χ2v) is 3.93. The van der Waals surface area contributed by atoms with E-state index in [1.165, 1.54) is 5.57 Å². The normalized spacial score (nSPS) is 27.5. The fourth-order valence-electron chi connectivity index (χ4n) is 2.02. The van der Waals surface area contributed by atoms with Crippen molar-refractivity contribution in [1.29, 1.82) is 0 Å². The third kappa shape index (κ3) is 2.00. The maximum Gasteiger partial charge on any atom is 0.310 e. The summed E-state index contributed by atoms with van der Waals surface area (Å²) in [5.74, 6) is -0.530. The SMILES string of the molecule is CC1=CC=CC(C(=O)O)C1C(C)C. The Kier molecular flexibility index (Phi) is 2.91. The Bertz CT molecular complexity index is 261. The van der Waals surface area contributed by atoms with Gasteiger partial charge in [0.2, 0.25) is 0 Å². The Labute approximate surface area is 79.0 Å². The summed E-state index contributed by atoms with van der Waals surface area (Å²) in [6.45, 7) is 6.14. The van der Waals surface area contributed by atoms with E-state index in [0.29, 0.717) is 5.92 Å². The highest BCUT2D eigenvalue weighted by Crippen LogP contribution is 2.32. The van der Waals surface area contributed by atoms with Crippen molar-refractivity contribution in [3.05, 3.63) is 23.8 Å². The van der Waals surface area contributed by atoms with Crippen molar-refractivity contribution in [2.45, 2.75) is 20.8 Å². The van der Waals surface area contributed by atoms with Crippen LogP contribution in [-0.4, -0.2) is 11.1 Å². The van der Waals surface area contributed by atoms with Crippen LogP contribution in [0.1, 0.15) is 20.8 Å². The molecule has 0 aliphatic heterocycles. The van der Waals surface area contributed by atoms with Gasteiger partial charge in [0.05, 0.1) is 5.92 Å². The minimum atomic E-state index is -0.720. The molecule has 0 radical (unpaired) electrons. The highest BCUT2D eigenvalue weighted by Gasteiger charge is 2.30. The van der Waals surface area contributed by atoms with Gasteiger partial charge in [-0.25, -0.2) is 0 Å². The van der Waals surface area contributed by atoms with E-state index in [2.05, 4.69) is 13.8 Å². The van der Waals surface area contributed by atoms with E-state index in [9.17, 15) is 4.79 Å². The first-order valence-electron chi connectivity index (χ1n) is 4.62. The third-order valence-electron chi connectivity index (χ3n) is 2.59. The van der Waals surface area contributed by atoms with Crippen LogP contribution in [0.2, 0.25) is 0 Å². The van der Waals surface area contributed by atoms with Crippen molar-refractivity contribution in [3.63, 3.8) is 0 Å². The third-order valence-corrected chi connectivity index (χ3v) is 2.59. The highest BCUT2D eigenvalue weighted by atomic mass is 16.4. The quantitative estimate of drug-likeness (QED) is 0.708. The number of carbonyl (C=O) groups is 1. The van der Waals surface area contributed by atoms with E-state index in [4.69, 9.17) is 5.11 Å². The van der Waals surface area contributed by atoms with Gasteiger partial charge in [-0.15, -0.1) is 0 Å². The van der Waals surface area contributed by atoms with Gasteiger partial charge in [-0.05, 0) is 18.8 Å².